The number of hydrogen-bond acceptors (Lipinski definition) is 3. The van der Waals surface area contributed by atoms with Crippen LogP contribution in [0.4, 0.5) is 0 Å². The maximum absolute atomic E-state index is 12.3. The van der Waals surface area contributed by atoms with Gasteiger partial charge in [-0.1, -0.05) is 18.2 Å². The van der Waals surface area contributed by atoms with E-state index in [2.05, 4.69) is 20.9 Å². The number of rotatable bonds is 5. The molecule has 0 aliphatic heterocycles. The van der Waals surface area contributed by atoms with Gasteiger partial charge >= 0.3 is 0 Å². The van der Waals surface area contributed by atoms with Gasteiger partial charge in [0, 0.05) is 13.2 Å². The monoisotopic (exact) mass is 348 g/mol. The normalized spacial score (nSPS) is 11.8. The van der Waals surface area contributed by atoms with Crippen molar-refractivity contribution >= 4 is 21.8 Å². The number of benzene rings is 1. The van der Waals surface area contributed by atoms with Crippen LogP contribution in [0.5, 0.6) is 5.75 Å². The van der Waals surface area contributed by atoms with Gasteiger partial charge in [0.2, 0.25) is 0 Å². The number of para-hydroxylation sites is 1. The number of pyridine rings is 1. The van der Waals surface area contributed by atoms with E-state index in [1.165, 1.54) is 0 Å². The van der Waals surface area contributed by atoms with Crippen LogP contribution in [-0.2, 0) is 11.3 Å². The van der Waals surface area contributed by atoms with Gasteiger partial charge in [0.25, 0.3) is 5.91 Å². The van der Waals surface area contributed by atoms with Gasteiger partial charge in [-0.25, -0.2) is 0 Å². The molecule has 1 atom stereocenters. The molecule has 21 heavy (non-hydrogen) atoms. The fraction of sp³-hybridized carbons (Fsp3) is 0.250. The Labute approximate surface area is 132 Å². The quantitative estimate of drug-likeness (QED) is 0.832. The predicted molar refractivity (Wildman–Crippen MR) is 84.9 cm³/mol. The molecule has 1 aromatic heterocycles. The molecule has 2 rings (SSSR count). The van der Waals surface area contributed by atoms with Crippen LogP contribution in [0.1, 0.15) is 12.6 Å². The molecule has 0 bridgehead atoms. The second-order valence-electron chi connectivity index (χ2n) is 4.71. The van der Waals surface area contributed by atoms with Gasteiger partial charge in [-0.15, -0.1) is 0 Å². The Bertz CT molecular complexity index is 604. The molecule has 2 aromatic rings. The summed E-state index contributed by atoms with van der Waals surface area (Å²) in [6.45, 7) is 2.21. The number of likely N-dealkylation sites (N-methyl/N-ethyl adjacent to an activating group) is 1. The highest BCUT2D eigenvalue weighted by molar-refractivity contribution is 9.10. The molecule has 1 amide bonds. The largest absolute Gasteiger partial charge is 0.480 e. The summed E-state index contributed by atoms with van der Waals surface area (Å²) in [6, 6.07) is 13.1. The molecule has 5 heteroatoms. The van der Waals surface area contributed by atoms with Crippen molar-refractivity contribution in [2.45, 2.75) is 19.6 Å². The second kappa shape index (κ2) is 7.22. The molecule has 1 aromatic carbocycles. The molecule has 0 radical (unpaired) electrons. The number of hydrogen-bond donors (Lipinski definition) is 0. The van der Waals surface area contributed by atoms with Crippen LogP contribution in [-0.4, -0.2) is 28.9 Å². The van der Waals surface area contributed by atoms with Crippen molar-refractivity contribution in [3.8, 4) is 5.75 Å². The zero-order valence-corrected chi connectivity index (χ0v) is 13.6. The van der Waals surface area contributed by atoms with Crippen molar-refractivity contribution in [1.82, 2.24) is 9.88 Å². The number of halogens is 1. The Kier molecular flexibility index (Phi) is 5.33. The molecule has 110 valence electrons. The smallest absolute Gasteiger partial charge is 0.263 e. The summed E-state index contributed by atoms with van der Waals surface area (Å²) in [5, 5.41) is 0. The first kappa shape index (κ1) is 15.5. The second-order valence-corrected chi connectivity index (χ2v) is 5.56. The van der Waals surface area contributed by atoms with Gasteiger partial charge in [0.1, 0.15) is 5.75 Å². The minimum Gasteiger partial charge on any atom is -0.480 e. The van der Waals surface area contributed by atoms with Crippen LogP contribution in [0.25, 0.3) is 0 Å². The minimum atomic E-state index is -0.558. The van der Waals surface area contributed by atoms with Gasteiger partial charge in [-0.3, -0.25) is 9.78 Å². The molecule has 0 saturated carbocycles. The Morgan fingerprint density at radius 1 is 1.29 bits per heavy atom. The van der Waals surface area contributed by atoms with E-state index < -0.39 is 6.10 Å². The number of amides is 1. The van der Waals surface area contributed by atoms with Crippen molar-refractivity contribution in [3.05, 3.63) is 58.8 Å². The fourth-order valence-corrected chi connectivity index (χ4v) is 2.28. The van der Waals surface area contributed by atoms with Crippen LogP contribution in [0.2, 0.25) is 0 Å². The minimum absolute atomic E-state index is 0.0867. The van der Waals surface area contributed by atoms with Crippen LogP contribution in [0.3, 0.4) is 0 Å². The average molecular weight is 349 g/mol. The lowest BCUT2D eigenvalue weighted by Gasteiger charge is -2.22. The van der Waals surface area contributed by atoms with Gasteiger partial charge in [-0.2, -0.15) is 0 Å². The van der Waals surface area contributed by atoms with Crippen LogP contribution >= 0.6 is 15.9 Å². The summed E-state index contributed by atoms with van der Waals surface area (Å²) >= 11 is 3.40. The Balaban J connectivity index is 1.97. The lowest BCUT2D eigenvalue weighted by atomic mass is 10.3. The molecule has 0 aliphatic rings. The molecule has 0 unspecified atom stereocenters. The number of ether oxygens (including phenoxy) is 1. The average Bonchev–Trinajstić information content (AvgIpc) is 2.49. The van der Waals surface area contributed by atoms with E-state index >= 15 is 0 Å². The molecule has 0 fully saturated rings. The first-order valence-electron chi connectivity index (χ1n) is 6.64. The molecular formula is C16H17BrN2O2. The molecule has 1 heterocycles. The van der Waals surface area contributed by atoms with Crippen molar-refractivity contribution in [3.63, 3.8) is 0 Å². The molecular weight excluding hydrogens is 332 g/mol. The molecule has 0 aliphatic carbocycles. The maximum Gasteiger partial charge on any atom is 0.263 e. The summed E-state index contributed by atoms with van der Waals surface area (Å²) < 4.78 is 6.54. The Morgan fingerprint density at radius 2 is 2.00 bits per heavy atom. The summed E-state index contributed by atoms with van der Waals surface area (Å²) in [5.74, 6) is 0.570. The summed E-state index contributed by atoms with van der Waals surface area (Å²) in [5.41, 5.74) is 0.849. The van der Waals surface area contributed by atoms with Crippen LogP contribution in [0, 0.1) is 0 Å². The molecule has 0 spiro atoms. The third-order valence-corrected chi connectivity index (χ3v) is 3.64. The van der Waals surface area contributed by atoms with E-state index in [9.17, 15) is 4.79 Å². The molecule has 4 nitrogen and oxygen atoms in total. The van der Waals surface area contributed by atoms with E-state index in [0.29, 0.717) is 12.3 Å². The number of carbonyl (C=O) groups is 1. The van der Waals surface area contributed by atoms with Crippen molar-refractivity contribution in [2.24, 2.45) is 0 Å². The first-order valence-corrected chi connectivity index (χ1v) is 7.43. The predicted octanol–water partition coefficient (Wildman–Crippen LogP) is 3.27. The Morgan fingerprint density at radius 3 is 2.67 bits per heavy atom. The van der Waals surface area contributed by atoms with Gasteiger partial charge in [0.05, 0.1) is 16.7 Å². The number of nitrogens with zero attached hydrogens (tertiary/aromatic N) is 2. The van der Waals surface area contributed by atoms with Crippen LogP contribution < -0.4 is 4.74 Å². The van der Waals surface area contributed by atoms with E-state index in [4.69, 9.17) is 4.74 Å². The number of aromatic nitrogens is 1. The topological polar surface area (TPSA) is 42.4 Å². The zero-order valence-electron chi connectivity index (χ0n) is 12.0. The highest BCUT2D eigenvalue weighted by Gasteiger charge is 2.20. The highest BCUT2D eigenvalue weighted by atomic mass is 79.9. The zero-order chi connectivity index (χ0) is 15.2. The van der Waals surface area contributed by atoms with Gasteiger partial charge < -0.3 is 9.64 Å². The molecule has 0 saturated heterocycles. The lowest BCUT2D eigenvalue weighted by Crippen LogP contribution is -2.37. The summed E-state index contributed by atoms with van der Waals surface area (Å²) in [4.78, 5) is 18.2. The number of carbonyl (C=O) groups excluding carboxylic acids is 1. The fourth-order valence-electron chi connectivity index (χ4n) is 1.90. The Hall–Kier alpha value is -1.88. The summed E-state index contributed by atoms with van der Waals surface area (Å²) in [7, 11) is 1.75. The van der Waals surface area contributed by atoms with Crippen LogP contribution in [0.15, 0.2) is 53.1 Å². The van der Waals surface area contributed by atoms with E-state index in [0.717, 1.165) is 10.2 Å². The van der Waals surface area contributed by atoms with Crippen molar-refractivity contribution < 1.29 is 9.53 Å². The van der Waals surface area contributed by atoms with Crippen molar-refractivity contribution in [2.75, 3.05) is 7.05 Å². The van der Waals surface area contributed by atoms with E-state index in [-0.39, 0.29) is 5.91 Å². The lowest BCUT2D eigenvalue weighted by molar-refractivity contribution is -0.137. The van der Waals surface area contributed by atoms with Crippen molar-refractivity contribution in [1.29, 1.82) is 0 Å². The third-order valence-electron chi connectivity index (χ3n) is 2.99. The maximum atomic E-state index is 12.3. The van der Waals surface area contributed by atoms with E-state index in [1.54, 1.807) is 25.1 Å². The SMILES string of the molecule is C[C@H](Oc1ccccc1Br)C(=O)N(C)Cc1ccccn1. The van der Waals surface area contributed by atoms with Gasteiger partial charge in [0.15, 0.2) is 6.10 Å². The first-order chi connectivity index (χ1) is 10.1. The van der Waals surface area contributed by atoms with E-state index in [1.807, 2.05) is 42.5 Å². The molecule has 0 N–H and O–H groups in total. The van der Waals surface area contributed by atoms with Gasteiger partial charge in [-0.05, 0) is 47.1 Å². The summed E-state index contributed by atoms with van der Waals surface area (Å²) in [6.07, 6.45) is 1.16. The standard InChI is InChI=1S/C16H17BrN2O2/c1-12(21-15-9-4-3-8-14(15)17)16(20)19(2)11-13-7-5-6-10-18-13/h3-10,12H,11H2,1-2H3/t12-/m0/s1. The third kappa shape index (κ3) is 4.29. The highest BCUT2D eigenvalue weighted by Crippen LogP contribution is 2.25.